The van der Waals surface area contributed by atoms with Gasteiger partial charge in [-0.3, -0.25) is 4.79 Å². The van der Waals surface area contributed by atoms with Gasteiger partial charge in [-0.05, 0) is 53.3 Å². The van der Waals surface area contributed by atoms with E-state index in [0.717, 1.165) is 43.7 Å². The molecule has 1 nitrogen and oxygen atoms in total. The zero-order valence-corrected chi connectivity index (χ0v) is 17.7. The molecule has 0 heterocycles. The van der Waals surface area contributed by atoms with Gasteiger partial charge in [0.1, 0.15) is 11.6 Å². The van der Waals surface area contributed by atoms with E-state index in [0.29, 0.717) is 17.7 Å². The van der Waals surface area contributed by atoms with Crippen molar-refractivity contribution in [3.05, 3.63) is 82.7 Å². The Morgan fingerprint density at radius 2 is 1.34 bits per heavy atom. The van der Waals surface area contributed by atoms with Crippen LogP contribution in [0.1, 0.15) is 54.9 Å². The summed E-state index contributed by atoms with van der Waals surface area (Å²) in [7, 11) is 0. The first-order valence-electron chi connectivity index (χ1n) is 10.6. The minimum atomic E-state index is -1.68. The fourth-order valence-electron chi connectivity index (χ4n) is 3.73. The number of unbranched alkanes of at least 4 members (excludes halogenated alkanes) is 4. The minimum Gasteiger partial charge on any atom is -0.298 e. The molecule has 168 valence electrons. The monoisotopic (exact) mass is 446 g/mol. The standard InChI is InChI=1S/C26H23F5O/c1-2-3-4-5-6-7-16-8-10-17(11-9-16)24-19(14-21(27)20(15-32)25(24)30)18-12-22(28)26(31)23(29)13-18/h8-15H,2-7H2,1H3. The summed E-state index contributed by atoms with van der Waals surface area (Å²) in [5, 5.41) is 0. The zero-order valence-electron chi connectivity index (χ0n) is 17.7. The van der Waals surface area contributed by atoms with Gasteiger partial charge in [-0.15, -0.1) is 0 Å². The molecular formula is C26H23F5O. The molecule has 0 N–H and O–H groups in total. The topological polar surface area (TPSA) is 17.1 Å². The van der Waals surface area contributed by atoms with E-state index in [1.165, 1.54) is 6.42 Å². The molecule has 0 saturated heterocycles. The average molecular weight is 446 g/mol. The number of halogens is 5. The van der Waals surface area contributed by atoms with E-state index in [1.54, 1.807) is 24.3 Å². The van der Waals surface area contributed by atoms with Gasteiger partial charge in [0, 0.05) is 5.56 Å². The van der Waals surface area contributed by atoms with Gasteiger partial charge >= 0.3 is 0 Å². The fourth-order valence-corrected chi connectivity index (χ4v) is 3.73. The lowest BCUT2D eigenvalue weighted by Crippen LogP contribution is -2.01. The Labute approximate surface area is 183 Å². The number of aldehydes is 1. The predicted molar refractivity (Wildman–Crippen MR) is 115 cm³/mol. The normalized spacial score (nSPS) is 11.1. The number of carbonyl (C=O) groups is 1. The molecule has 0 unspecified atom stereocenters. The van der Waals surface area contributed by atoms with E-state index in [-0.39, 0.29) is 23.0 Å². The van der Waals surface area contributed by atoms with Crippen molar-refractivity contribution in [3.63, 3.8) is 0 Å². The predicted octanol–water partition coefficient (Wildman–Crippen LogP) is 8.04. The van der Waals surface area contributed by atoms with Crippen LogP contribution in [0.4, 0.5) is 22.0 Å². The Bertz CT molecular complexity index is 1080. The first kappa shape index (κ1) is 23.6. The number of rotatable bonds is 9. The molecule has 6 heteroatoms. The third kappa shape index (κ3) is 5.06. The molecule has 3 aromatic carbocycles. The summed E-state index contributed by atoms with van der Waals surface area (Å²) >= 11 is 0. The number of hydrogen-bond donors (Lipinski definition) is 0. The molecule has 32 heavy (non-hydrogen) atoms. The lowest BCUT2D eigenvalue weighted by molar-refractivity contribution is 0.111. The van der Waals surface area contributed by atoms with Crippen LogP contribution in [0.5, 0.6) is 0 Å². The highest BCUT2D eigenvalue weighted by atomic mass is 19.2. The first-order chi connectivity index (χ1) is 15.4. The van der Waals surface area contributed by atoms with E-state index >= 15 is 4.39 Å². The van der Waals surface area contributed by atoms with Crippen LogP contribution in [-0.4, -0.2) is 6.29 Å². The minimum absolute atomic E-state index is 0.0500. The molecule has 3 aromatic rings. The quantitative estimate of drug-likeness (QED) is 0.141. The van der Waals surface area contributed by atoms with Crippen LogP contribution in [0.3, 0.4) is 0 Å². The maximum absolute atomic E-state index is 15.1. The van der Waals surface area contributed by atoms with Crippen LogP contribution < -0.4 is 0 Å². The van der Waals surface area contributed by atoms with Gasteiger partial charge in [0.2, 0.25) is 0 Å². The van der Waals surface area contributed by atoms with Crippen molar-refractivity contribution in [2.75, 3.05) is 0 Å². The highest BCUT2D eigenvalue weighted by Gasteiger charge is 2.22. The summed E-state index contributed by atoms with van der Waals surface area (Å²) in [4.78, 5) is 11.2. The summed E-state index contributed by atoms with van der Waals surface area (Å²) in [6.45, 7) is 2.15. The van der Waals surface area contributed by atoms with Gasteiger partial charge in [0.25, 0.3) is 0 Å². The molecule has 0 bridgehead atoms. The molecule has 0 atom stereocenters. The van der Waals surface area contributed by atoms with E-state index < -0.39 is 34.6 Å². The maximum Gasteiger partial charge on any atom is 0.194 e. The van der Waals surface area contributed by atoms with Crippen LogP contribution in [0.2, 0.25) is 0 Å². The van der Waals surface area contributed by atoms with E-state index in [2.05, 4.69) is 6.92 Å². The molecule has 0 aromatic heterocycles. The van der Waals surface area contributed by atoms with Crippen molar-refractivity contribution in [1.82, 2.24) is 0 Å². The van der Waals surface area contributed by atoms with Crippen LogP contribution in [0, 0.1) is 29.1 Å². The molecule has 0 radical (unpaired) electrons. The van der Waals surface area contributed by atoms with Crippen LogP contribution in [0.15, 0.2) is 42.5 Å². The van der Waals surface area contributed by atoms with Crippen LogP contribution in [0.25, 0.3) is 22.3 Å². The number of hydrogen-bond acceptors (Lipinski definition) is 1. The zero-order chi connectivity index (χ0) is 23.3. The summed E-state index contributed by atoms with van der Waals surface area (Å²) in [5.41, 5.74) is -0.0631. The molecule has 0 saturated carbocycles. The van der Waals surface area contributed by atoms with Gasteiger partial charge in [-0.2, -0.15) is 0 Å². The van der Waals surface area contributed by atoms with Crippen molar-refractivity contribution in [3.8, 4) is 22.3 Å². The number of benzene rings is 3. The van der Waals surface area contributed by atoms with Gasteiger partial charge in [0.05, 0.1) is 5.56 Å². The van der Waals surface area contributed by atoms with Crippen molar-refractivity contribution in [2.24, 2.45) is 0 Å². The molecule has 0 fully saturated rings. The highest BCUT2D eigenvalue weighted by Crippen LogP contribution is 2.38. The molecule has 0 spiro atoms. The summed E-state index contributed by atoms with van der Waals surface area (Å²) in [6, 6.07) is 9.00. The van der Waals surface area contributed by atoms with Gasteiger partial charge in [-0.25, -0.2) is 22.0 Å². The molecule has 3 rings (SSSR count). The Hall–Kier alpha value is -3.02. The van der Waals surface area contributed by atoms with Crippen molar-refractivity contribution < 1.29 is 26.7 Å². The van der Waals surface area contributed by atoms with Gasteiger partial charge in [-0.1, -0.05) is 56.9 Å². The van der Waals surface area contributed by atoms with E-state index in [1.807, 2.05) is 0 Å². The van der Waals surface area contributed by atoms with Crippen molar-refractivity contribution in [2.45, 2.75) is 45.4 Å². The second kappa shape index (κ2) is 10.5. The smallest absolute Gasteiger partial charge is 0.194 e. The van der Waals surface area contributed by atoms with Gasteiger partial charge < -0.3 is 0 Å². The maximum atomic E-state index is 15.1. The Morgan fingerprint density at radius 1 is 0.719 bits per heavy atom. The Morgan fingerprint density at radius 3 is 1.94 bits per heavy atom. The third-order valence-corrected chi connectivity index (χ3v) is 5.48. The number of carbonyl (C=O) groups excluding carboxylic acids is 1. The molecular weight excluding hydrogens is 423 g/mol. The highest BCUT2D eigenvalue weighted by molar-refractivity contribution is 5.89. The van der Waals surface area contributed by atoms with Crippen molar-refractivity contribution >= 4 is 6.29 Å². The first-order valence-corrected chi connectivity index (χ1v) is 10.6. The Kier molecular flexibility index (Phi) is 7.78. The van der Waals surface area contributed by atoms with Crippen molar-refractivity contribution in [1.29, 1.82) is 0 Å². The second-order valence-corrected chi connectivity index (χ2v) is 7.74. The number of aryl methyl sites for hydroxylation is 1. The summed E-state index contributed by atoms with van der Waals surface area (Å²) in [6.07, 6.45) is 6.53. The molecule has 0 amide bonds. The molecule has 0 aliphatic rings. The fraction of sp³-hybridized carbons (Fsp3) is 0.269. The Balaban J connectivity index is 2.03. The summed E-state index contributed by atoms with van der Waals surface area (Å²) < 4.78 is 70.5. The van der Waals surface area contributed by atoms with Crippen LogP contribution >= 0.6 is 0 Å². The lowest BCUT2D eigenvalue weighted by Gasteiger charge is -2.15. The average Bonchev–Trinajstić information content (AvgIpc) is 2.77. The van der Waals surface area contributed by atoms with Crippen LogP contribution in [-0.2, 0) is 6.42 Å². The SMILES string of the molecule is CCCCCCCc1ccc(-c2c(-c3cc(F)c(F)c(F)c3)cc(F)c(C=O)c2F)cc1. The van der Waals surface area contributed by atoms with E-state index in [4.69, 9.17) is 0 Å². The lowest BCUT2D eigenvalue weighted by atomic mass is 9.91. The van der Waals surface area contributed by atoms with E-state index in [9.17, 15) is 22.4 Å². The largest absolute Gasteiger partial charge is 0.298 e. The molecule has 0 aliphatic heterocycles. The molecule has 0 aliphatic carbocycles. The summed E-state index contributed by atoms with van der Waals surface area (Å²) in [5.74, 6) is -6.96. The third-order valence-electron chi connectivity index (χ3n) is 5.48. The van der Waals surface area contributed by atoms with Gasteiger partial charge in [0.15, 0.2) is 23.7 Å². The second-order valence-electron chi connectivity index (χ2n) is 7.74.